The van der Waals surface area contributed by atoms with Crippen molar-refractivity contribution >= 4 is 5.91 Å². The Bertz CT molecular complexity index is 506. The number of nitrogens with one attached hydrogen (secondary N) is 1. The predicted molar refractivity (Wildman–Crippen MR) is 63.3 cm³/mol. The number of hydrogen-bond donors (Lipinski definition) is 1. The Morgan fingerprint density at radius 2 is 2.29 bits per heavy atom. The largest absolute Gasteiger partial charge is 0.344 e. The molecule has 0 aliphatic heterocycles. The minimum absolute atomic E-state index is 0.121. The molecule has 17 heavy (non-hydrogen) atoms. The van der Waals surface area contributed by atoms with Crippen LogP contribution >= 0.6 is 0 Å². The number of nitrogens with zero attached hydrogens (tertiary/aromatic N) is 3. The minimum atomic E-state index is -0.142. The Kier molecular flexibility index (Phi) is 3.18. The van der Waals surface area contributed by atoms with Gasteiger partial charge in [0.2, 0.25) is 0 Å². The van der Waals surface area contributed by atoms with Crippen LogP contribution < -0.4 is 5.32 Å². The summed E-state index contributed by atoms with van der Waals surface area (Å²) in [5, 5.41) is 6.83. The number of amides is 1. The maximum absolute atomic E-state index is 11.8. The normalized spacial score (nSPS) is 12.1. The zero-order chi connectivity index (χ0) is 12.3. The maximum Gasteiger partial charge on any atom is 0.254 e. The second-order valence-corrected chi connectivity index (χ2v) is 3.85. The lowest BCUT2D eigenvalue weighted by atomic mass is 10.2. The van der Waals surface area contributed by atoms with E-state index in [9.17, 15) is 4.79 Å². The maximum atomic E-state index is 11.8. The number of hydrogen-bond acceptors (Lipinski definition) is 3. The average Bonchev–Trinajstić information content (AvgIpc) is 2.77. The molecule has 5 nitrogen and oxygen atoms in total. The van der Waals surface area contributed by atoms with Gasteiger partial charge in [-0.2, -0.15) is 5.10 Å². The summed E-state index contributed by atoms with van der Waals surface area (Å²) in [7, 11) is 1.78. The monoisotopic (exact) mass is 230 g/mol. The van der Waals surface area contributed by atoms with Gasteiger partial charge in [-0.05, 0) is 19.1 Å². The Hall–Kier alpha value is -2.17. The van der Waals surface area contributed by atoms with E-state index in [1.807, 2.05) is 25.1 Å². The predicted octanol–water partition coefficient (Wildman–Crippen LogP) is 1.31. The quantitative estimate of drug-likeness (QED) is 0.864. The molecule has 1 N–H and O–H groups in total. The molecule has 2 aromatic heterocycles. The molecule has 0 aliphatic rings. The van der Waals surface area contributed by atoms with Crippen LogP contribution in [0.25, 0.3) is 0 Å². The highest BCUT2D eigenvalue weighted by Gasteiger charge is 2.13. The van der Waals surface area contributed by atoms with E-state index in [1.54, 1.807) is 30.3 Å². The van der Waals surface area contributed by atoms with Crippen molar-refractivity contribution in [1.82, 2.24) is 20.1 Å². The van der Waals surface area contributed by atoms with E-state index < -0.39 is 0 Å². The number of aromatic nitrogens is 3. The molecule has 2 rings (SSSR count). The summed E-state index contributed by atoms with van der Waals surface area (Å²) in [6, 6.07) is 5.51. The van der Waals surface area contributed by atoms with Gasteiger partial charge in [-0.3, -0.25) is 14.5 Å². The van der Waals surface area contributed by atoms with Gasteiger partial charge < -0.3 is 5.32 Å². The van der Waals surface area contributed by atoms with Crippen molar-refractivity contribution in [3.63, 3.8) is 0 Å². The first-order valence-electron chi connectivity index (χ1n) is 5.37. The lowest BCUT2D eigenvalue weighted by Crippen LogP contribution is -2.26. The second kappa shape index (κ2) is 4.78. The van der Waals surface area contributed by atoms with Gasteiger partial charge in [0.05, 0.1) is 23.5 Å². The lowest BCUT2D eigenvalue weighted by molar-refractivity contribution is 0.0939. The van der Waals surface area contributed by atoms with Gasteiger partial charge in [-0.1, -0.05) is 6.07 Å². The van der Waals surface area contributed by atoms with Gasteiger partial charge in [0.1, 0.15) is 0 Å². The highest BCUT2D eigenvalue weighted by atomic mass is 16.1. The molecule has 0 fully saturated rings. The Labute approximate surface area is 99.5 Å². The SMILES string of the molecule is CC(NC(=O)c1cnn(C)c1)c1ccccn1. The Morgan fingerprint density at radius 3 is 2.88 bits per heavy atom. The zero-order valence-corrected chi connectivity index (χ0v) is 9.79. The van der Waals surface area contributed by atoms with Crippen LogP contribution in [-0.4, -0.2) is 20.7 Å². The van der Waals surface area contributed by atoms with Crippen LogP contribution in [0.15, 0.2) is 36.8 Å². The molecule has 0 aliphatic carbocycles. The van der Waals surface area contributed by atoms with Crippen molar-refractivity contribution in [1.29, 1.82) is 0 Å². The van der Waals surface area contributed by atoms with Crippen molar-refractivity contribution in [3.05, 3.63) is 48.0 Å². The van der Waals surface area contributed by atoms with Crippen molar-refractivity contribution in [2.24, 2.45) is 7.05 Å². The molecule has 1 amide bonds. The Balaban J connectivity index is 2.04. The molecule has 88 valence electrons. The van der Waals surface area contributed by atoms with Crippen LogP contribution in [-0.2, 0) is 7.05 Å². The first kappa shape index (κ1) is 11.3. The minimum Gasteiger partial charge on any atom is -0.344 e. The summed E-state index contributed by atoms with van der Waals surface area (Å²) in [4.78, 5) is 16.0. The average molecular weight is 230 g/mol. The van der Waals surface area contributed by atoms with E-state index in [2.05, 4.69) is 15.4 Å². The molecule has 2 heterocycles. The van der Waals surface area contributed by atoms with Gasteiger partial charge in [0, 0.05) is 19.4 Å². The topological polar surface area (TPSA) is 59.8 Å². The number of carbonyl (C=O) groups excluding carboxylic acids is 1. The number of aryl methyl sites for hydroxylation is 1. The van der Waals surface area contributed by atoms with Crippen LogP contribution in [0.5, 0.6) is 0 Å². The molecule has 2 aromatic rings. The summed E-state index contributed by atoms with van der Waals surface area (Å²) in [6.07, 6.45) is 4.93. The lowest BCUT2D eigenvalue weighted by Gasteiger charge is -2.12. The van der Waals surface area contributed by atoms with Crippen molar-refractivity contribution in [3.8, 4) is 0 Å². The molecular formula is C12H14N4O. The first-order valence-corrected chi connectivity index (χ1v) is 5.37. The summed E-state index contributed by atoms with van der Waals surface area (Å²) in [5.74, 6) is -0.142. The number of rotatable bonds is 3. The third-order valence-corrected chi connectivity index (χ3v) is 2.45. The fraction of sp³-hybridized carbons (Fsp3) is 0.250. The van der Waals surface area contributed by atoms with Crippen molar-refractivity contribution in [2.45, 2.75) is 13.0 Å². The fourth-order valence-electron chi connectivity index (χ4n) is 1.52. The van der Waals surface area contributed by atoms with Crippen LogP contribution in [0.3, 0.4) is 0 Å². The van der Waals surface area contributed by atoms with E-state index in [4.69, 9.17) is 0 Å². The van der Waals surface area contributed by atoms with Gasteiger partial charge in [-0.25, -0.2) is 0 Å². The highest BCUT2D eigenvalue weighted by molar-refractivity contribution is 5.93. The van der Waals surface area contributed by atoms with E-state index in [0.717, 1.165) is 5.69 Å². The molecular weight excluding hydrogens is 216 g/mol. The van der Waals surface area contributed by atoms with Gasteiger partial charge in [0.15, 0.2) is 0 Å². The molecule has 1 unspecified atom stereocenters. The second-order valence-electron chi connectivity index (χ2n) is 3.85. The van der Waals surface area contributed by atoms with E-state index in [1.165, 1.54) is 0 Å². The number of carbonyl (C=O) groups is 1. The fourth-order valence-corrected chi connectivity index (χ4v) is 1.52. The summed E-state index contributed by atoms with van der Waals surface area (Å²) in [5.41, 5.74) is 1.39. The van der Waals surface area contributed by atoms with Crippen LogP contribution in [0, 0.1) is 0 Å². The molecule has 0 saturated heterocycles. The molecule has 0 radical (unpaired) electrons. The van der Waals surface area contributed by atoms with E-state index >= 15 is 0 Å². The molecule has 0 aromatic carbocycles. The molecule has 0 saturated carbocycles. The van der Waals surface area contributed by atoms with Gasteiger partial charge in [0.25, 0.3) is 5.91 Å². The molecule has 1 atom stereocenters. The van der Waals surface area contributed by atoms with Crippen LogP contribution in [0.2, 0.25) is 0 Å². The van der Waals surface area contributed by atoms with E-state index in [0.29, 0.717) is 5.56 Å². The van der Waals surface area contributed by atoms with Crippen LogP contribution in [0.4, 0.5) is 0 Å². The van der Waals surface area contributed by atoms with Crippen molar-refractivity contribution < 1.29 is 4.79 Å². The van der Waals surface area contributed by atoms with Crippen LogP contribution in [0.1, 0.15) is 29.0 Å². The highest BCUT2D eigenvalue weighted by Crippen LogP contribution is 2.09. The zero-order valence-electron chi connectivity index (χ0n) is 9.79. The van der Waals surface area contributed by atoms with Gasteiger partial charge in [-0.15, -0.1) is 0 Å². The van der Waals surface area contributed by atoms with E-state index in [-0.39, 0.29) is 11.9 Å². The molecule has 5 heteroatoms. The summed E-state index contributed by atoms with van der Waals surface area (Å²) >= 11 is 0. The Morgan fingerprint density at radius 1 is 1.47 bits per heavy atom. The van der Waals surface area contributed by atoms with Crippen molar-refractivity contribution in [2.75, 3.05) is 0 Å². The van der Waals surface area contributed by atoms with Gasteiger partial charge >= 0.3 is 0 Å². The summed E-state index contributed by atoms with van der Waals surface area (Å²) in [6.45, 7) is 1.90. The molecule has 0 spiro atoms. The summed E-state index contributed by atoms with van der Waals surface area (Å²) < 4.78 is 1.60. The third kappa shape index (κ3) is 2.69. The number of pyridine rings is 1. The first-order chi connectivity index (χ1) is 8.16. The molecule has 0 bridgehead atoms. The smallest absolute Gasteiger partial charge is 0.254 e. The third-order valence-electron chi connectivity index (χ3n) is 2.45. The standard InChI is InChI=1S/C12H14N4O/c1-9(11-5-3-4-6-13-11)15-12(17)10-7-14-16(2)8-10/h3-9H,1-2H3,(H,15,17).